The molecule has 0 saturated heterocycles. The van der Waals surface area contributed by atoms with E-state index in [0.717, 1.165) is 0 Å². The number of rotatable bonds is 7. The molecule has 0 aliphatic carbocycles. The van der Waals surface area contributed by atoms with Gasteiger partial charge in [0, 0.05) is 12.1 Å². The summed E-state index contributed by atoms with van der Waals surface area (Å²) in [6.07, 6.45) is -1.44. The van der Waals surface area contributed by atoms with Crippen LogP contribution in [0.2, 0.25) is 0 Å². The van der Waals surface area contributed by atoms with Gasteiger partial charge in [-0.25, -0.2) is 4.98 Å². The summed E-state index contributed by atoms with van der Waals surface area (Å²) in [5.41, 5.74) is 7.12. The van der Waals surface area contributed by atoms with Crippen LogP contribution in [0.5, 0.6) is 11.5 Å². The molecule has 3 rings (SSSR count). The molecule has 0 saturated carbocycles. The van der Waals surface area contributed by atoms with Crippen LogP contribution in [0.15, 0.2) is 46.3 Å². The molecule has 0 fully saturated rings. The van der Waals surface area contributed by atoms with Gasteiger partial charge in [-0.05, 0) is 36.0 Å². The van der Waals surface area contributed by atoms with Gasteiger partial charge in [0.05, 0.1) is 30.2 Å². The van der Waals surface area contributed by atoms with Gasteiger partial charge in [0.1, 0.15) is 11.8 Å². The van der Waals surface area contributed by atoms with Crippen LogP contribution in [-0.4, -0.2) is 45.0 Å². The van der Waals surface area contributed by atoms with Gasteiger partial charge in [-0.15, -0.1) is 0 Å². The highest BCUT2D eigenvalue weighted by Crippen LogP contribution is 2.31. The monoisotopic (exact) mass is 458 g/mol. The van der Waals surface area contributed by atoms with Crippen molar-refractivity contribution in [2.75, 3.05) is 14.2 Å². The largest absolute Gasteiger partial charge is 0.493 e. The molecule has 1 atom stereocenters. The molecule has 166 valence electrons. The maximum absolute atomic E-state index is 12.7. The summed E-state index contributed by atoms with van der Waals surface area (Å²) in [6.45, 7) is 0. The average molecular weight is 458 g/mol. The molecule has 0 radical (unpaired) electrons. The van der Waals surface area contributed by atoms with Gasteiger partial charge in [0.2, 0.25) is 0 Å². The molecule has 0 amide bonds. The third kappa shape index (κ3) is 4.63. The van der Waals surface area contributed by atoms with Gasteiger partial charge >= 0.3 is 0 Å². The number of aliphatic hydroxyl groups excluding tert-OH is 1. The topological polar surface area (TPSA) is 178 Å². The van der Waals surface area contributed by atoms with Crippen LogP contribution < -0.4 is 26.2 Å². The fourth-order valence-corrected chi connectivity index (χ4v) is 2.95. The van der Waals surface area contributed by atoms with Crippen LogP contribution in [0, 0.1) is 10.1 Å². The van der Waals surface area contributed by atoms with Crippen LogP contribution in [-0.2, 0) is 0 Å². The number of H-pyrrole nitrogens is 1. The van der Waals surface area contributed by atoms with Gasteiger partial charge < -0.3 is 25.3 Å². The smallest absolute Gasteiger partial charge is 0.276 e. The van der Waals surface area contributed by atoms with E-state index in [1.807, 2.05) is 0 Å². The van der Waals surface area contributed by atoms with E-state index in [1.54, 1.807) is 12.1 Å². The summed E-state index contributed by atoms with van der Waals surface area (Å²) in [5.74, 6) is 0.782. The summed E-state index contributed by atoms with van der Waals surface area (Å²) >= 11 is 4.76. The normalized spacial score (nSPS) is 12.3. The minimum Gasteiger partial charge on any atom is -0.493 e. The Morgan fingerprint density at radius 1 is 1.28 bits per heavy atom. The number of aromatic amines is 1. The fraction of sp³-hybridized carbons (Fsp3) is 0.158. The Kier molecular flexibility index (Phi) is 6.61. The molecule has 3 aromatic rings. The van der Waals surface area contributed by atoms with Crippen LogP contribution in [0.4, 0.5) is 5.69 Å². The van der Waals surface area contributed by atoms with E-state index in [0.29, 0.717) is 17.1 Å². The summed E-state index contributed by atoms with van der Waals surface area (Å²) in [7, 11) is 2.90. The SMILES string of the molecule is COc1ccc([C@@H](O)/C(=N/NC(N)=S)c2nc3ccc([N+](=O)[O-])cc3[nH]c2=O)cc1OC. The van der Waals surface area contributed by atoms with Gasteiger partial charge in [-0.3, -0.25) is 20.3 Å². The lowest BCUT2D eigenvalue weighted by molar-refractivity contribution is -0.384. The maximum Gasteiger partial charge on any atom is 0.276 e. The highest BCUT2D eigenvalue weighted by Gasteiger charge is 2.24. The zero-order valence-electron chi connectivity index (χ0n) is 16.9. The number of nitro groups is 1. The van der Waals surface area contributed by atoms with Crippen molar-refractivity contribution in [1.82, 2.24) is 15.4 Å². The zero-order chi connectivity index (χ0) is 23.4. The van der Waals surface area contributed by atoms with Crippen molar-refractivity contribution in [3.05, 3.63) is 68.1 Å². The molecule has 0 unspecified atom stereocenters. The fourth-order valence-electron chi connectivity index (χ4n) is 2.90. The number of nitrogens with zero attached hydrogens (tertiary/aromatic N) is 3. The van der Waals surface area contributed by atoms with Gasteiger partial charge in [0.25, 0.3) is 11.2 Å². The number of nitrogens with two attached hydrogens (primary N) is 1. The number of thiocarbonyl (C=S) groups is 1. The first-order chi connectivity index (χ1) is 15.2. The molecule has 0 aliphatic heterocycles. The van der Waals surface area contributed by atoms with Crippen LogP contribution >= 0.6 is 12.2 Å². The lowest BCUT2D eigenvalue weighted by Gasteiger charge is -2.16. The second-order valence-corrected chi connectivity index (χ2v) is 6.80. The van der Waals surface area contributed by atoms with E-state index in [4.69, 9.17) is 27.4 Å². The first-order valence-corrected chi connectivity index (χ1v) is 9.37. The Morgan fingerprint density at radius 3 is 2.62 bits per heavy atom. The number of methoxy groups -OCH3 is 2. The maximum atomic E-state index is 12.7. The minimum atomic E-state index is -1.44. The molecule has 0 spiro atoms. The number of hydrogen-bond donors (Lipinski definition) is 4. The summed E-state index contributed by atoms with van der Waals surface area (Å²) in [5, 5.41) is 25.8. The zero-order valence-corrected chi connectivity index (χ0v) is 17.7. The van der Waals surface area contributed by atoms with Crippen LogP contribution in [0.25, 0.3) is 11.0 Å². The molecule has 0 aliphatic rings. The Balaban J connectivity index is 2.14. The molecule has 32 heavy (non-hydrogen) atoms. The summed E-state index contributed by atoms with van der Waals surface area (Å²) in [6, 6.07) is 8.44. The number of non-ortho nitro benzene ring substituents is 1. The summed E-state index contributed by atoms with van der Waals surface area (Å²) in [4.78, 5) is 29.9. The number of benzene rings is 2. The number of nitrogens with one attached hydrogen (secondary N) is 2. The first-order valence-electron chi connectivity index (χ1n) is 8.97. The number of hydrogen-bond acceptors (Lipinski definition) is 9. The minimum absolute atomic E-state index is 0.148. The van der Waals surface area contributed by atoms with E-state index < -0.39 is 16.6 Å². The molecule has 12 nitrogen and oxygen atoms in total. The Bertz CT molecular complexity index is 1290. The van der Waals surface area contributed by atoms with Crippen molar-refractivity contribution in [2.45, 2.75) is 6.10 Å². The highest BCUT2D eigenvalue weighted by molar-refractivity contribution is 7.80. The molecule has 0 bridgehead atoms. The number of aromatic nitrogens is 2. The van der Waals surface area contributed by atoms with Crippen LogP contribution in [0.3, 0.4) is 0 Å². The van der Waals surface area contributed by atoms with Crippen molar-refractivity contribution in [3.63, 3.8) is 0 Å². The number of hydrazone groups is 1. The lowest BCUT2D eigenvalue weighted by atomic mass is 10.0. The predicted molar refractivity (Wildman–Crippen MR) is 120 cm³/mol. The quantitative estimate of drug-likeness (QED) is 0.173. The summed E-state index contributed by atoms with van der Waals surface area (Å²) < 4.78 is 10.4. The number of aliphatic hydroxyl groups is 1. The Hall–Kier alpha value is -4.10. The Labute approximate surface area is 185 Å². The van der Waals surface area contributed by atoms with Gasteiger partial charge in [0.15, 0.2) is 22.3 Å². The number of nitro benzene ring substituents is 1. The predicted octanol–water partition coefficient (Wildman–Crippen LogP) is 1.12. The van der Waals surface area contributed by atoms with Gasteiger partial charge in [-0.1, -0.05) is 6.07 Å². The van der Waals surface area contributed by atoms with Crippen molar-refractivity contribution in [2.24, 2.45) is 10.8 Å². The highest BCUT2D eigenvalue weighted by atomic mass is 32.1. The third-order valence-corrected chi connectivity index (χ3v) is 4.49. The molecular weight excluding hydrogens is 440 g/mol. The second-order valence-electron chi connectivity index (χ2n) is 6.36. The Morgan fingerprint density at radius 2 is 2.00 bits per heavy atom. The second kappa shape index (κ2) is 9.36. The molecule has 5 N–H and O–H groups in total. The average Bonchev–Trinajstić information content (AvgIpc) is 2.78. The van der Waals surface area contributed by atoms with Crippen molar-refractivity contribution in [1.29, 1.82) is 0 Å². The van der Waals surface area contributed by atoms with E-state index in [2.05, 4.69) is 20.5 Å². The third-order valence-electron chi connectivity index (χ3n) is 4.40. The van der Waals surface area contributed by atoms with E-state index >= 15 is 0 Å². The first kappa shape index (κ1) is 22.6. The number of fused-ring (bicyclic) bond motifs is 1. The molecule has 2 aromatic carbocycles. The van der Waals surface area contributed by atoms with Crippen molar-refractivity contribution in [3.8, 4) is 11.5 Å². The van der Waals surface area contributed by atoms with Crippen molar-refractivity contribution < 1.29 is 19.5 Å². The molecule has 13 heteroatoms. The van der Waals surface area contributed by atoms with Gasteiger partial charge in [-0.2, -0.15) is 5.10 Å². The van der Waals surface area contributed by atoms with E-state index in [9.17, 15) is 20.0 Å². The molecule has 1 heterocycles. The van der Waals surface area contributed by atoms with Crippen LogP contribution in [0.1, 0.15) is 17.4 Å². The molecule has 1 aromatic heterocycles. The lowest BCUT2D eigenvalue weighted by Crippen LogP contribution is -2.31. The standard InChI is InChI=1S/C19H18N6O6S/c1-30-13-6-3-9(7-14(13)31-2)17(26)15(23-24-19(20)32)16-18(27)22-12-8-10(25(28)29)4-5-11(12)21-16/h3-8,17,26H,1-2H3,(H,22,27)(H3,20,24,32)/b23-15+/t17-/m1/s1. The number of ether oxygens (including phenoxy) is 2. The van der Waals surface area contributed by atoms with Crippen molar-refractivity contribution >= 4 is 39.8 Å². The molecular formula is C19H18N6O6S. The van der Waals surface area contributed by atoms with E-state index in [-0.39, 0.29) is 33.2 Å². The van der Waals surface area contributed by atoms with E-state index in [1.165, 1.54) is 38.5 Å².